The van der Waals surface area contributed by atoms with Gasteiger partial charge >= 0.3 is 16.5 Å². The maximum Gasteiger partial charge on any atom is 2.00 e. The van der Waals surface area contributed by atoms with Crippen molar-refractivity contribution in [3.8, 4) is 11.5 Å². The molecular weight excluding hydrogens is 459 g/mol. The predicted octanol–water partition coefficient (Wildman–Crippen LogP) is 4.71. The number of hydrogen-bond acceptors (Lipinski definition) is 6. The molecule has 0 amide bonds. The summed E-state index contributed by atoms with van der Waals surface area (Å²) < 4.78 is 10.3. The van der Waals surface area contributed by atoms with Crippen molar-refractivity contribution in [3.63, 3.8) is 0 Å². The summed E-state index contributed by atoms with van der Waals surface area (Å²) in [5.41, 5.74) is 1.94. The Morgan fingerprint density at radius 3 is 1.43 bits per heavy atom. The van der Waals surface area contributed by atoms with Crippen LogP contribution in [0, 0.1) is 0 Å². The largest absolute Gasteiger partial charge is 2.00 e. The summed E-state index contributed by atoms with van der Waals surface area (Å²) in [6, 6.07) is 15.3. The van der Waals surface area contributed by atoms with Gasteiger partial charge < -0.3 is 34.7 Å². The van der Waals surface area contributed by atoms with E-state index >= 15 is 0 Å². The summed E-state index contributed by atoms with van der Waals surface area (Å²) in [5, 5.41) is 0. The van der Waals surface area contributed by atoms with Crippen LogP contribution in [0.2, 0.25) is 0 Å². The zero-order valence-electron chi connectivity index (χ0n) is 16.9. The van der Waals surface area contributed by atoms with Crippen LogP contribution in [0.15, 0.2) is 70.7 Å². The van der Waals surface area contributed by atoms with E-state index in [1.54, 1.807) is 26.6 Å². The zero-order valence-corrected chi connectivity index (χ0v) is 19.5. The van der Waals surface area contributed by atoms with Crippen molar-refractivity contribution in [1.29, 1.82) is 0 Å². The van der Waals surface area contributed by atoms with E-state index in [0.29, 0.717) is 13.1 Å². The van der Waals surface area contributed by atoms with Crippen LogP contribution in [0.5, 0.6) is 11.5 Å². The smallest absolute Gasteiger partial charge is 0.779 e. The average Bonchev–Trinajstić information content (AvgIpc) is 2.77. The first-order valence-corrected chi connectivity index (χ1v) is 9.99. The minimum atomic E-state index is 0. The van der Waals surface area contributed by atoms with E-state index < -0.39 is 0 Å². The minimum Gasteiger partial charge on any atom is -0.779 e. The quantitative estimate of drug-likeness (QED) is 0.213. The van der Waals surface area contributed by atoms with Crippen molar-refractivity contribution in [2.24, 2.45) is 9.98 Å². The van der Waals surface area contributed by atoms with Gasteiger partial charge in [0.1, 0.15) is 11.5 Å². The normalized spacial score (nSPS) is 12.2. The first-order valence-electron chi connectivity index (χ1n) is 9.17. The standard InChI is InChI=1S/C23H26N2O2S2.Ni/c1-26-20-8-4-18(5-9-20)22(28)12-16-24-14-3-15-25-17-13-23(29)19-6-10-21(27-2)11-7-19;/h4-13,16-17,28-29H,3,14-15H2,1-2H3;/q;+2/p-2/b22-12-,23-13-,24-16?,25-17?;. The van der Waals surface area contributed by atoms with Gasteiger partial charge in [0, 0.05) is 25.5 Å². The second-order valence-corrected chi connectivity index (χ2v) is 6.86. The summed E-state index contributed by atoms with van der Waals surface area (Å²) >= 11 is 10.8. The van der Waals surface area contributed by atoms with Gasteiger partial charge in [-0.05, 0) is 41.8 Å². The summed E-state index contributed by atoms with van der Waals surface area (Å²) in [4.78, 5) is 10.2. The van der Waals surface area contributed by atoms with Gasteiger partial charge in [0.2, 0.25) is 0 Å². The van der Waals surface area contributed by atoms with Crippen molar-refractivity contribution in [1.82, 2.24) is 0 Å². The van der Waals surface area contributed by atoms with Gasteiger partial charge in [-0.3, -0.25) is 9.98 Å². The van der Waals surface area contributed by atoms with Crippen LogP contribution in [0.25, 0.3) is 9.81 Å². The molecule has 0 radical (unpaired) electrons. The third-order valence-corrected chi connectivity index (χ3v) is 4.73. The maximum absolute atomic E-state index is 5.38. The fraction of sp³-hybridized carbons (Fsp3) is 0.217. The second-order valence-electron chi connectivity index (χ2n) is 5.98. The Kier molecular flexibility index (Phi) is 12.7. The summed E-state index contributed by atoms with van der Waals surface area (Å²) in [5.74, 6) is 1.63. The topological polar surface area (TPSA) is 43.2 Å². The van der Waals surface area contributed by atoms with Crippen LogP contribution in [-0.2, 0) is 41.7 Å². The molecule has 2 aromatic rings. The number of aliphatic imine (C=N–C) groups is 2. The molecule has 0 fully saturated rings. The van der Waals surface area contributed by atoms with E-state index in [9.17, 15) is 0 Å². The van der Waals surface area contributed by atoms with Gasteiger partial charge in [0.15, 0.2) is 0 Å². The third kappa shape index (κ3) is 9.08. The molecule has 0 bridgehead atoms. The molecular formula is C23H24N2NiO2S2. The fourth-order valence-corrected chi connectivity index (χ4v) is 2.74. The number of benzene rings is 2. The Balaban J connectivity index is 0.00000450. The van der Waals surface area contributed by atoms with Crippen LogP contribution < -0.4 is 9.47 Å². The monoisotopic (exact) mass is 482 g/mol. The van der Waals surface area contributed by atoms with E-state index in [1.807, 2.05) is 60.7 Å². The number of ether oxygens (including phenoxy) is 2. The molecule has 0 aliphatic heterocycles. The average molecular weight is 483 g/mol. The van der Waals surface area contributed by atoms with Crippen LogP contribution >= 0.6 is 0 Å². The van der Waals surface area contributed by atoms with Crippen molar-refractivity contribution < 1.29 is 26.0 Å². The first kappa shape index (κ1) is 25.8. The van der Waals surface area contributed by atoms with Crippen molar-refractivity contribution >= 4 is 47.5 Å². The Morgan fingerprint density at radius 1 is 0.733 bits per heavy atom. The number of hydrogen-bond donors (Lipinski definition) is 0. The molecule has 0 saturated heterocycles. The predicted molar refractivity (Wildman–Crippen MR) is 128 cm³/mol. The van der Waals surface area contributed by atoms with Gasteiger partial charge in [0.05, 0.1) is 14.2 Å². The maximum atomic E-state index is 5.38. The molecule has 0 spiro atoms. The van der Waals surface area contributed by atoms with Crippen LogP contribution in [0.1, 0.15) is 17.5 Å². The van der Waals surface area contributed by atoms with Gasteiger partial charge in [-0.1, -0.05) is 36.4 Å². The van der Waals surface area contributed by atoms with Gasteiger partial charge in [-0.25, -0.2) is 0 Å². The molecule has 0 aromatic heterocycles. The van der Waals surface area contributed by atoms with E-state index in [0.717, 1.165) is 38.9 Å². The molecule has 30 heavy (non-hydrogen) atoms. The van der Waals surface area contributed by atoms with E-state index in [4.69, 9.17) is 34.7 Å². The molecule has 4 nitrogen and oxygen atoms in total. The number of allylic oxidation sites excluding steroid dienone is 2. The van der Waals surface area contributed by atoms with Crippen molar-refractivity contribution in [2.75, 3.05) is 27.3 Å². The van der Waals surface area contributed by atoms with Gasteiger partial charge in [-0.15, -0.1) is 0 Å². The van der Waals surface area contributed by atoms with Crippen LogP contribution in [0.3, 0.4) is 0 Å². The van der Waals surface area contributed by atoms with Gasteiger partial charge in [0.25, 0.3) is 0 Å². The molecule has 0 aliphatic carbocycles. The minimum absolute atomic E-state index is 0. The molecule has 2 aromatic carbocycles. The summed E-state index contributed by atoms with van der Waals surface area (Å²) in [7, 11) is 3.28. The van der Waals surface area contributed by atoms with E-state index in [1.165, 1.54) is 0 Å². The number of nitrogens with zero attached hydrogens (tertiary/aromatic N) is 2. The fourth-order valence-electron chi connectivity index (χ4n) is 2.35. The van der Waals surface area contributed by atoms with E-state index in [2.05, 4.69) is 9.98 Å². The zero-order chi connectivity index (χ0) is 20.9. The molecule has 160 valence electrons. The summed E-state index contributed by atoms with van der Waals surface area (Å²) in [6.45, 7) is 1.39. The Labute approximate surface area is 199 Å². The molecule has 7 heteroatoms. The van der Waals surface area contributed by atoms with E-state index in [-0.39, 0.29) is 16.5 Å². The third-order valence-electron chi connectivity index (χ3n) is 3.99. The second kappa shape index (κ2) is 14.7. The Morgan fingerprint density at radius 2 is 1.10 bits per heavy atom. The van der Waals surface area contributed by atoms with Crippen molar-refractivity contribution in [2.45, 2.75) is 6.42 Å². The molecule has 0 heterocycles. The summed E-state index contributed by atoms with van der Waals surface area (Å²) in [6.07, 6.45) is 8.03. The molecule has 2 rings (SSSR count). The molecule has 0 unspecified atom stereocenters. The molecule has 0 N–H and O–H groups in total. The van der Waals surface area contributed by atoms with Crippen molar-refractivity contribution in [3.05, 3.63) is 71.8 Å². The molecule has 0 atom stereocenters. The van der Waals surface area contributed by atoms with Crippen LogP contribution in [0.4, 0.5) is 0 Å². The number of rotatable bonds is 10. The SMILES string of the molecule is COc1ccc(/C([S-])=C/C=NCCCN=C/C=C(\[S-])c2ccc(OC)cc2)cc1.[Ni+2]. The van der Waals surface area contributed by atoms with Crippen LogP contribution in [-0.4, -0.2) is 39.7 Å². The Hall–Kier alpha value is -2.21. The Bertz CT molecular complexity index is 804. The number of methoxy groups -OCH3 is 2. The molecule has 0 saturated carbocycles. The molecule has 0 aliphatic rings. The first-order chi connectivity index (χ1) is 14.1. The van der Waals surface area contributed by atoms with Gasteiger partial charge in [-0.2, -0.15) is 9.81 Å².